The molecule has 2 bridgehead atoms. The molecule has 0 aromatic heterocycles. The van der Waals surface area contributed by atoms with E-state index < -0.39 is 16.2 Å². The minimum atomic E-state index is -0.750. The summed E-state index contributed by atoms with van der Waals surface area (Å²) in [6, 6.07) is 22.9. The van der Waals surface area contributed by atoms with Crippen molar-refractivity contribution >= 4 is 39.2 Å². The first-order valence-electron chi connectivity index (χ1n) is 10.3. The number of anilines is 1. The first kappa shape index (κ1) is 18.7. The number of amides is 2. The molecule has 1 heterocycles. The number of alkyl halides is 1. The molecule has 2 unspecified atom stereocenters. The van der Waals surface area contributed by atoms with E-state index in [1.54, 1.807) is 24.3 Å². The summed E-state index contributed by atoms with van der Waals surface area (Å²) in [6.45, 7) is 1.50. The van der Waals surface area contributed by atoms with Crippen LogP contribution in [0.5, 0.6) is 0 Å². The fourth-order valence-corrected chi connectivity index (χ4v) is 6.98. The monoisotopic (exact) mass is 471 g/mol. The second-order valence-corrected chi connectivity index (χ2v) is 9.73. The topological polar surface area (TPSA) is 54.5 Å². The van der Waals surface area contributed by atoms with Crippen molar-refractivity contribution < 1.29 is 14.4 Å². The van der Waals surface area contributed by atoms with Crippen molar-refractivity contribution in [1.82, 2.24) is 0 Å². The summed E-state index contributed by atoms with van der Waals surface area (Å²) < 4.78 is -0.750. The van der Waals surface area contributed by atoms with Gasteiger partial charge in [-0.05, 0) is 53.4 Å². The first-order chi connectivity index (χ1) is 14.9. The smallest absolute Gasteiger partial charge is 0.239 e. The second-order valence-electron chi connectivity index (χ2n) is 8.48. The second kappa shape index (κ2) is 6.24. The van der Waals surface area contributed by atoms with Crippen LogP contribution in [0.2, 0.25) is 0 Å². The molecule has 1 fully saturated rings. The molecular formula is C26H18BrNO3. The number of rotatable bonds is 2. The third-order valence-electron chi connectivity index (χ3n) is 7.05. The summed E-state index contributed by atoms with van der Waals surface area (Å²) in [6.07, 6.45) is 0. The van der Waals surface area contributed by atoms with Crippen LogP contribution < -0.4 is 4.90 Å². The number of nitrogens with zero attached hydrogens (tertiary/aromatic N) is 1. The minimum Gasteiger partial charge on any atom is -0.295 e. The van der Waals surface area contributed by atoms with Crippen LogP contribution in [-0.2, 0) is 13.9 Å². The molecular weight excluding hydrogens is 454 g/mol. The van der Waals surface area contributed by atoms with Crippen molar-refractivity contribution in [3.63, 3.8) is 0 Å². The molecule has 7 rings (SSSR count). The van der Waals surface area contributed by atoms with Gasteiger partial charge in [0.25, 0.3) is 0 Å². The van der Waals surface area contributed by atoms with Crippen LogP contribution in [0, 0.1) is 11.8 Å². The molecule has 0 N–H and O–H groups in total. The van der Waals surface area contributed by atoms with Gasteiger partial charge in [0, 0.05) is 11.5 Å². The van der Waals surface area contributed by atoms with Crippen molar-refractivity contribution in [1.29, 1.82) is 0 Å². The van der Waals surface area contributed by atoms with E-state index in [1.807, 2.05) is 24.3 Å². The van der Waals surface area contributed by atoms with E-state index in [2.05, 4.69) is 40.2 Å². The lowest BCUT2D eigenvalue weighted by Crippen LogP contribution is -2.50. The molecule has 3 aromatic carbocycles. The number of imide groups is 1. The van der Waals surface area contributed by atoms with Gasteiger partial charge in [-0.25, -0.2) is 4.90 Å². The Hall–Kier alpha value is -3.05. The maximum atomic E-state index is 13.8. The van der Waals surface area contributed by atoms with Crippen LogP contribution in [0.1, 0.15) is 45.5 Å². The minimum absolute atomic E-state index is 0.0531. The Morgan fingerprint density at radius 1 is 0.839 bits per heavy atom. The Morgan fingerprint density at radius 3 is 1.94 bits per heavy atom. The Morgan fingerprint density at radius 2 is 1.39 bits per heavy atom. The predicted molar refractivity (Wildman–Crippen MR) is 120 cm³/mol. The summed E-state index contributed by atoms with van der Waals surface area (Å²) in [4.78, 5) is 40.5. The number of halogens is 1. The third kappa shape index (κ3) is 2.22. The fourth-order valence-electron chi connectivity index (χ4n) is 5.78. The van der Waals surface area contributed by atoms with Crippen molar-refractivity contribution in [3.8, 4) is 0 Å². The average molecular weight is 472 g/mol. The van der Waals surface area contributed by atoms with Crippen molar-refractivity contribution in [2.75, 3.05) is 4.90 Å². The number of carbonyl (C=O) groups is 3. The highest BCUT2D eigenvalue weighted by molar-refractivity contribution is 9.09. The van der Waals surface area contributed by atoms with E-state index in [9.17, 15) is 14.4 Å². The van der Waals surface area contributed by atoms with Gasteiger partial charge in [-0.15, -0.1) is 0 Å². The summed E-state index contributed by atoms with van der Waals surface area (Å²) in [5, 5.41) is 0. The fraction of sp³-hybridized carbons (Fsp3) is 0.192. The van der Waals surface area contributed by atoms with Gasteiger partial charge in [0.2, 0.25) is 11.8 Å². The van der Waals surface area contributed by atoms with Crippen molar-refractivity contribution in [2.45, 2.75) is 17.2 Å². The highest BCUT2D eigenvalue weighted by Gasteiger charge is 2.67. The van der Waals surface area contributed by atoms with E-state index in [4.69, 9.17) is 0 Å². The molecule has 3 aliphatic carbocycles. The van der Waals surface area contributed by atoms with Gasteiger partial charge >= 0.3 is 0 Å². The summed E-state index contributed by atoms with van der Waals surface area (Å²) in [5.74, 6) is -1.58. The molecule has 1 aliphatic heterocycles. The average Bonchev–Trinajstić information content (AvgIpc) is 3.06. The maximum absolute atomic E-state index is 13.8. The molecule has 31 heavy (non-hydrogen) atoms. The Bertz CT molecular complexity index is 1250. The maximum Gasteiger partial charge on any atom is 0.239 e. The molecule has 4 nitrogen and oxygen atoms in total. The molecule has 2 atom stereocenters. The predicted octanol–water partition coefficient (Wildman–Crippen LogP) is 4.79. The van der Waals surface area contributed by atoms with E-state index in [0.717, 1.165) is 22.3 Å². The van der Waals surface area contributed by atoms with Gasteiger partial charge < -0.3 is 0 Å². The third-order valence-corrected chi connectivity index (χ3v) is 8.39. The van der Waals surface area contributed by atoms with Gasteiger partial charge in [0.15, 0.2) is 5.78 Å². The molecule has 0 radical (unpaired) electrons. The summed E-state index contributed by atoms with van der Waals surface area (Å²) >= 11 is 3.99. The number of ketones is 1. The Labute approximate surface area is 188 Å². The number of benzene rings is 3. The molecule has 152 valence electrons. The lowest BCUT2D eigenvalue weighted by molar-refractivity contribution is -0.122. The number of carbonyl (C=O) groups excluding carboxylic acids is 3. The quantitative estimate of drug-likeness (QED) is 0.306. The largest absolute Gasteiger partial charge is 0.295 e. The standard InChI is InChI=1S/C26H18BrNO3/c1-14(29)15-10-12-16(13-11-15)28-24(30)22-21-17-6-2-4-8-19(17)26(27,23(22)25(28)31)20-9-5-3-7-18(20)21/h2-13,21-23H,1H3. The number of hydrogen-bond donors (Lipinski definition) is 0. The highest BCUT2D eigenvalue weighted by Crippen LogP contribution is 2.66. The van der Waals surface area contributed by atoms with Crippen LogP contribution in [-0.4, -0.2) is 17.6 Å². The zero-order valence-electron chi connectivity index (χ0n) is 16.7. The first-order valence-corrected chi connectivity index (χ1v) is 11.1. The summed E-state index contributed by atoms with van der Waals surface area (Å²) in [5.41, 5.74) is 5.41. The molecule has 0 spiro atoms. The Balaban J connectivity index is 1.55. The van der Waals surface area contributed by atoms with Gasteiger partial charge in [-0.3, -0.25) is 14.4 Å². The molecule has 1 saturated heterocycles. The van der Waals surface area contributed by atoms with Crippen LogP contribution in [0.3, 0.4) is 0 Å². The van der Waals surface area contributed by atoms with Gasteiger partial charge in [-0.1, -0.05) is 64.5 Å². The lowest BCUT2D eigenvalue weighted by atomic mass is 9.55. The van der Waals surface area contributed by atoms with Gasteiger partial charge in [-0.2, -0.15) is 0 Å². The molecule has 5 heteroatoms. The van der Waals surface area contributed by atoms with Gasteiger partial charge in [0.1, 0.15) is 0 Å². The van der Waals surface area contributed by atoms with Crippen molar-refractivity contribution in [3.05, 3.63) is 101 Å². The van der Waals surface area contributed by atoms with E-state index in [-0.39, 0.29) is 23.5 Å². The molecule has 0 saturated carbocycles. The number of Topliss-reactive ketones (excluding diaryl/α,β-unsaturated/α-hetero) is 1. The van der Waals surface area contributed by atoms with Gasteiger partial charge in [0.05, 0.1) is 21.8 Å². The number of hydrogen-bond acceptors (Lipinski definition) is 3. The van der Waals surface area contributed by atoms with Crippen LogP contribution in [0.25, 0.3) is 0 Å². The Kier molecular flexibility index (Phi) is 3.76. The van der Waals surface area contributed by atoms with E-state index in [0.29, 0.717) is 11.3 Å². The molecule has 2 amide bonds. The zero-order valence-corrected chi connectivity index (χ0v) is 18.3. The van der Waals surface area contributed by atoms with Crippen molar-refractivity contribution in [2.24, 2.45) is 11.8 Å². The van der Waals surface area contributed by atoms with E-state index >= 15 is 0 Å². The lowest BCUT2D eigenvalue weighted by Gasteiger charge is -2.51. The highest BCUT2D eigenvalue weighted by atomic mass is 79.9. The molecule has 3 aromatic rings. The van der Waals surface area contributed by atoms with Crippen LogP contribution >= 0.6 is 15.9 Å². The summed E-state index contributed by atoms with van der Waals surface area (Å²) in [7, 11) is 0. The SMILES string of the molecule is CC(=O)c1ccc(N2C(=O)C3C4c5ccccc5C(Br)(c5ccccc54)C3C2=O)cc1. The van der Waals surface area contributed by atoms with E-state index in [1.165, 1.54) is 11.8 Å². The van der Waals surface area contributed by atoms with Crippen LogP contribution in [0.4, 0.5) is 5.69 Å². The molecule has 4 aliphatic rings. The zero-order chi connectivity index (χ0) is 21.5. The van der Waals surface area contributed by atoms with Crippen LogP contribution in [0.15, 0.2) is 72.8 Å². The normalized spacial score (nSPS) is 27.7.